The van der Waals surface area contributed by atoms with E-state index in [9.17, 15) is 34.8 Å². The lowest BCUT2D eigenvalue weighted by Crippen LogP contribution is -2.61. The Morgan fingerprint density at radius 3 is 1.95 bits per heavy atom. The van der Waals surface area contributed by atoms with Crippen molar-refractivity contribution in [1.82, 2.24) is 0 Å². The van der Waals surface area contributed by atoms with Gasteiger partial charge in [-0.3, -0.25) is 9.59 Å². The second-order valence-corrected chi connectivity index (χ2v) is 9.32. The number of aliphatic hydroxyl groups is 3. The van der Waals surface area contributed by atoms with E-state index in [1.807, 2.05) is 0 Å². The Kier molecular flexibility index (Phi) is 16.4. The Labute approximate surface area is 243 Å². The maximum atomic E-state index is 12.6. The van der Waals surface area contributed by atoms with Gasteiger partial charge in [-0.1, -0.05) is 6.07 Å². The first-order chi connectivity index (χ1) is 20.1. The number of carbonyl (C=O) groups excluding carboxylic acids is 2. The van der Waals surface area contributed by atoms with E-state index in [1.54, 1.807) is 12.1 Å². The van der Waals surface area contributed by atoms with Gasteiger partial charge in [-0.15, -0.1) is 0 Å². The second kappa shape index (κ2) is 19.5. The van der Waals surface area contributed by atoms with Gasteiger partial charge in [0.1, 0.15) is 29.8 Å². The molecule has 5 N–H and O–H groups in total. The van der Waals surface area contributed by atoms with E-state index in [0.717, 1.165) is 0 Å². The molecule has 1 aliphatic heterocycles. The van der Waals surface area contributed by atoms with Crippen molar-refractivity contribution in [3.05, 3.63) is 23.8 Å². The van der Waals surface area contributed by atoms with E-state index < -0.39 is 42.6 Å². The first kappa shape index (κ1) is 35.5. The summed E-state index contributed by atoms with van der Waals surface area (Å²) in [5, 5.41) is 42.1. The van der Waals surface area contributed by atoms with Gasteiger partial charge in [0, 0.05) is 13.5 Å². The molecule has 0 unspecified atom stereocenters. The fraction of sp³-hybridized carbons (Fsp3) is 0.667. The summed E-state index contributed by atoms with van der Waals surface area (Å²) in [5.41, 5.74) is 0.868. The number of nitrogens with one attached hydrogen (secondary N) is 1. The maximum absolute atomic E-state index is 12.6. The summed E-state index contributed by atoms with van der Waals surface area (Å²) in [6, 6.07) is 4.66. The number of rotatable bonds is 21. The lowest BCUT2D eigenvalue weighted by molar-refractivity contribution is -0.271. The van der Waals surface area contributed by atoms with E-state index in [0.29, 0.717) is 51.6 Å². The number of anilines is 1. The summed E-state index contributed by atoms with van der Waals surface area (Å²) in [6.07, 6.45) is -8.57. The van der Waals surface area contributed by atoms with Crippen LogP contribution in [-0.2, 0) is 49.4 Å². The van der Waals surface area contributed by atoms with Crippen LogP contribution in [0.25, 0.3) is 0 Å². The Morgan fingerprint density at radius 1 is 0.833 bits per heavy atom. The predicted molar refractivity (Wildman–Crippen MR) is 144 cm³/mol. The van der Waals surface area contributed by atoms with Gasteiger partial charge in [0.25, 0.3) is 0 Å². The van der Waals surface area contributed by atoms with Crippen LogP contribution in [0.15, 0.2) is 18.2 Å². The molecule has 1 aromatic carbocycles. The average Bonchev–Trinajstić information content (AvgIpc) is 2.94. The van der Waals surface area contributed by atoms with E-state index in [4.69, 9.17) is 33.2 Å². The Balaban J connectivity index is 1.74. The minimum Gasteiger partial charge on any atom is -0.479 e. The van der Waals surface area contributed by atoms with Crippen molar-refractivity contribution in [2.24, 2.45) is 0 Å². The van der Waals surface area contributed by atoms with Crippen LogP contribution >= 0.6 is 0 Å². The molecule has 0 saturated carbocycles. The van der Waals surface area contributed by atoms with Crippen molar-refractivity contribution in [1.29, 1.82) is 0 Å². The van der Waals surface area contributed by atoms with Crippen LogP contribution in [0.5, 0.6) is 5.75 Å². The van der Waals surface area contributed by atoms with Crippen LogP contribution in [0.2, 0.25) is 0 Å². The number of Topliss-reactive ketones (excluding diaryl/α,β-unsaturated/α-hetero) is 1. The van der Waals surface area contributed by atoms with Crippen LogP contribution in [0.4, 0.5) is 5.69 Å². The normalized spacial score (nSPS) is 22.1. The van der Waals surface area contributed by atoms with Gasteiger partial charge in [0.2, 0.25) is 12.2 Å². The molecule has 1 fully saturated rings. The largest absolute Gasteiger partial charge is 0.479 e. The van der Waals surface area contributed by atoms with Gasteiger partial charge in [0.15, 0.2) is 6.10 Å². The third-order valence-electron chi connectivity index (χ3n) is 5.87. The van der Waals surface area contributed by atoms with Crippen molar-refractivity contribution >= 4 is 23.3 Å². The summed E-state index contributed by atoms with van der Waals surface area (Å²) < 4.78 is 37.3. The third-order valence-corrected chi connectivity index (χ3v) is 5.87. The van der Waals surface area contributed by atoms with Crippen molar-refractivity contribution < 1.29 is 68.0 Å². The van der Waals surface area contributed by atoms with Crippen LogP contribution in [0.1, 0.15) is 25.3 Å². The van der Waals surface area contributed by atoms with Crippen molar-refractivity contribution in [2.45, 2.75) is 57.1 Å². The average molecular weight is 604 g/mol. The summed E-state index contributed by atoms with van der Waals surface area (Å²) in [6.45, 7) is 4.32. The van der Waals surface area contributed by atoms with Crippen molar-refractivity contribution in [3.63, 3.8) is 0 Å². The van der Waals surface area contributed by atoms with Gasteiger partial charge in [-0.25, -0.2) is 4.79 Å². The molecule has 15 nitrogen and oxygen atoms in total. The SMILES string of the molecule is COCc1ccc(O[C@@H]2O[C@H](C(=O)O)[C@@H](O)[C@H](O)[C@H]2O)c(NC(=O)CCOCCOCCOCCOCCC(C)=O)c1. The summed E-state index contributed by atoms with van der Waals surface area (Å²) >= 11 is 0. The number of carboxylic acids is 1. The topological polar surface area (TPSA) is 209 Å². The number of hydrogen-bond donors (Lipinski definition) is 5. The summed E-state index contributed by atoms with van der Waals surface area (Å²) in [7, 11) is 1.50. The molecule has 1 saturated heterocycles. The zero-order chi connectivity index (χ0) is 30.9. The number of aliphatic hydroxyl groups excluding tert-OH is 3. The number of hydrogen-bond acceptors (Lipinski definition) is 13. The molecular formula is C27H41NO14. The van der Waals surface area contributed by atoms with Gasteiger partial charge >= 0.3 is 5.97 Å². The highest BCUT2D eigenvalue weighted by Crippen LogP contribution is 2.31. The molecule has 238 valence electrons. The Hall–Kier alpha value is -2.73. The van der Waals surface area contributed by atoms with Crippen molar-refractivity contribution in [3.8, 4) is 5.75 Å². The van der Waals surface area contributed by atoms with E-state index >= 15 is 0 Å². The predicted octanol–water partition coefficient (Wildman–Crippen LogP) is -0.522. The van der Waals surface area contributed by atoms with Gasteiger partial charge in [0.05, 0.1) is 71.6 Å². The van der Waals surface area contributed by atoms with E-state index in [-0.39, 0.29) is 43.5 Å². The quantitative estimate of drug-likeness (QED) is 0.112. The molecule has 1 aromatic rings. The molecule has 0 aliphatic carbocycles. The van der Waals surface area contributed by atoms with Gasteiger partial charge in [-0.05, 0) is 24.6 Å². The Bertz CT molecular complexity index is 976. The number of ether oxygens (including phenoxy) is 7. The van der Waals surface area contributed by atoms with Gasteiger partial charge < -0.3 is 58.9 Å². The highest BCUT2D eigenvalue weighted by atomic mass is 16.7. The summed E-state index contributed by atoms with van der Waals surface area (Å²) in [5.74, 6) is -1.86. The highest BCUT2D eigenvalue weighted by molar-refractivity contribution is 5.92. The highest BCUT2D eigenvalue weighted by Gasteiger charge is 2.48. The first-order valence-electron chi connectivity index (χ1n) is 13.4. The lowest BCUT2D eigenvalue weighted by atomic mass is 9.99. The molecule has 15 heteroatoms. The minimum absolute atomic E-state index is 0.00473. The molecule has 1 aliphatic rings. The molecular weight excluding hydrogens is 562 g/mol. The number of ketones is 1. The second-order valence-electron chi connectivity index (χ2n) is 9.32. The zero-order valence-electron chi connectivity index (χ0n) is 23.8. The molecule has 5 atom stereocenters. The van der Waals surface area contributed by atoms with E-state index in [2.05, 4.69) is 5.32 Å². The lowest BCUT2D eigenvalue weighted by Gasteiger charge is -2.38. The smallest absolute Gasteiger partial charge is 0.335 e. The molecule has 0 radical (unpaired) electrons. The van der Waals surface area contributed by atoms with Crippen molar-refractivity contribution in [2.75, 3.05) is 65.3 Å². The molecule has 0 bridgehead atoms. The molecule has 1 amide bonds. The number of aliphatic carboxylic acids is 1. The molecule has 42 heavy (non-hydrogen) atoms. The van der Waals surface area contributed by atoms with Crippen LogP contribution in [-0.4, -0.2) is 129 Å². The monoisotopic (exact) mass is 603 g/mol. The Morgan fingerprint density at radius 2 is 1.40 bits per heavy atom. The minimum atomic E-state index is -1.87. The maximum Gasteiger partial charge on any atom is 0.335 e. The fourth-order valence-electron chi connectivity index (χ4n) is 3.66. The van der Waals surface area contributed by atoms with Crippen LogP contribution < -0.4 is 10.1 Å². The standard InChI is InChI=1S/C27H41NO14/c1-17(29)5-7-37-9-11-39-13-14-40-12-10-38-8-6-21(30)28-19-15-18(16-36-2)3-4-20(19)41-27-24(33)22(31)23(32)25(42-27)26(34)35/h3-4,15,22-25,27,31-33H,5-14,16H2,1-2H3,(H,28,30)(H,34,35)/t22-,23-,24+,25-,27+/m0/s1. The number of carboxylic acid groups (broad SMARTS) is 1. The first-order valence-corrected chi connectivity index (χ1v) is 13.4. The number of methoxy groups -OCH3 is 1. The van der Waals surface area contributed by atoms with Crippen LogP contribution in [0.3, 0.4) is 0 Å². The van der Waals surface area contributed by atoms with Crippen LogP contribution in [0, 0.1) is 0 Å². The van der Waals surface area contributed by atoms with Gasteiger partial charge in [-0.2, -0.15) is 0 Å². The summed E-state index contributed by atoms with van der Waals surface area (Å²) in [4.78, 5) is 34.8. The molecule has 0 aromatic heterocycles. The molecule has 0 spiro atoms. The molecule has 1 heterocycles. The number of amides is 1. The fourth-order valence-corrected chi connectivity index (χ4v) is 3.66. The van der Waals surface area contributed by atoms with E-state index in [1.165, 1.54) is 20.1 Å². The third kappa shape index (κ3) is 12.6. The number of carbonyl (C=O) groups is 3. The molecule has 2 rings (SSSR count). The zero-order valence-corrected chi connectivity index (χ0v) is 23.8. The number of benzene rings is 1.